The van der Waals surface area contributed by atoms with Crippen molar-refractivity contribution in [3.05, 3.63) is 47.8 Å². The van der Waals surface area contributed by atoms with Crippen molar-refractivity contribution in [3.63, 3.8) is 0 Å². The normalized spacial score (nSPS) is 11.0. The number of carbonyl (C=O) groups excluding carboxylic acids is 1. The molecule has 0 saturated carbocycles. The molecule has 3 aromatic rings. The fraction of sp³-hybridized carbons (Fsp3) is 0.350. The predicted molar refractivity (Wildman–Crippen MR) is 102 cm³/mol. The van der Waals surface area contributed by atoms with E-state index in [1.807, 2.05) is 13.0 Å². The quantitative estimate of drug-likeness (QED) is 0.664. The fourth-order valence-electron chi connectivity index (χ4n) is 3.00. The minimum Gasteiger partial charge on any atom is -0.385 e. The van der Waals surface area contributed by atoms with Crippen molar-refractivity contribution in [2.24, 2.45) is 0 Å². The van der Waals surface area contributed by atoms with Crippen LogP contribution in [-0.2, 0) is 16.1 Å². The van der Waals surface area contributed by atoms with E-state index >= 15 is 0 Å². The van der Waals surface area contributed by atoms with Crippen LogP contribution in [-0.4, -0.2) is 40.9 Å². The van der Waals surface area contributed by atoms with Gasteiger partial charge in [-0.15, -0.1) is 0 Å². The zero-order valence-electron chi connectivity index (χ0n) is 15.5. The summed E-state index contributed by atoms with van der Waals surface area (Å²) in [4.78, 5) is 16.6. The van der Waals surface area contributed by atoms with E-state index in [0.717, 1.165) is 34.3 Å². The lowest BCUT2D eigenvalue weighted by molar-refractivity contribution is -0.121. The maximum atomic E-state index is 12.2. The summed E-state index contributed by atoms with van der Waals surface area (Å²) in [6.45, 7) is 5.40. The van der Waals surface area contributed by atoms with Crippen LogP contribution in [0.25, 0.3) is 22.2 Å². The highest BCUT2D eigenvalue weighted by Gasteiger charge is 2.15. The molecule has 0 aliphatic carbocycles. The minimum atomic E-state index is -0.0759. The zero-order chi connectivity index (χ0) is 18.5. The molecular formula is C20H24N4O2. The molecule has 1 amide bonds. The van der Waals surface area contributed by atoms with E-state index in [9.17, 15) is 4.79 Å². The van der Waals surface area contributed by atoms with Gasteiger partial charge in [-0.1, -0.05) is 29.8 Å². The molecular weight excluding hydrogens is 328 g/mol. The number of hydrogen-bond donors (Lipinski definition) is 1. The number of pyridine rings is 1. The van der Waals surface area contributed by atoms with Crippen molar-refractivity contribution in [1.29, 1.82) is 0 Å². The molecule has 6 heteroatoms. The number of aromatic nitrogens is 3. The number of hydrogen-bond acceptors (Lipinski definition) is 4. The van der Waals surface area contributed by atoms with Crippen LogP contribution in [0.5, 0.6) is 0 Å². The smallest absolute Gasteiger partial charge is 0.241 e. The summed E-state index contributed by atoms with van der Waals surface area (Å²) in [6, 6.07) is 10.4. The third kappa shape index (κ3) is 3.91. The van der Waals surface area contributed by atoms with Crippen LogP contribution in [0.2, 0.25) is 0 Å². The fourth-order valence-corrected chi connectivity index (χ4v) is 3.00. The van der Waals surface area contributed by atoms with Gasteiger partial charge in [0, 0.05) is 31.8 Å². The maximum absolute atomic E-state index is 12.2. The molecule has 3 rings (SSSR count). The Morgan fingerprint density at radius 1 is 1.19 bits per heavy atom. The van der Waals surface area contributed by atoms with Crippen LogP contribution in [0.3, 0.4) is 0 Å². The highest BCUT2D eigenvalue weighted by atomic mass is 16.5. The van der Waals surface area contributed by atoms with E-state index in [2.05, 4.69) is 46.6 Å². The molecule has 0 spiro atoms. The van der Waals surface area contributed by atoms with Gasteiger partial charge in [-0.25, -0.2) is 9.67 Å². The molecule has 0 radical (unpaired) electrons. The van der Waals surface area contributed by atoms with Gasteiger partial charge < -0.3 is 10.1 Å². The average molecular weight is 352 g/mol. The van der Waals surface area contributed by atoms with Crippen LogP contribution in [0.4, 0.5) is 0 Å². The highest BCUT2D eigenvalue weighted by Crippen LogP contribution is 2.29. The van der Waals surface area contributed by atoms with Crippen molar-refractivity contribution in [2.45, 2.75) is 26.8 Å². The number of nitrogens with one attached hydrogen (secondary N) is 1. The van der Waals surface area contributed by atoms with Gasteiger partial charge in [0.15, 0.2) is 5.65 Å². The molecule has 0 saturated heterocycles. The van der Waals surface area contributed by atoms with Crippen molar-refractivity contribution in [3.8, 4) is 11.1 Å². The van der Waals surface area contributed by atoms with Crippen molar-refractivity contribution < 1.29 is 9.53 Å². The summed E-state index contributed by atoms with van der Waals surface area (Å²) in [7, 11) is 1.65. The zero-order valence-corrected chi connectivity index (χ0v) is 15.5. The number of aryl methyl sites for hydroxylation is 2. The van der Waals surface area contributed by atoms with Crippen molar-refractivity contribution in [1.82, 2.24) is 20.1 Å². The van der Waals surface area contributed by atoms with Gasteiger partial charge in [-0.3, -0.25) is 4.79 Å². The molecule has 0 aliphatic rings. The highest BCUT2D eigenvalue weighted by molar-refractivity contribution is 5.95. The molecule has 136 valence electrons. The Hall–Kier alpha value is -2.73. The largest absolute Gasteiger partial charge is 0.385 e. The summed E-state index contributed by atoms with van der Waals surface area (Å²) in [5.74, 6) is -0.0759. The van der Waals surface area contributed by atoms with E-state index < -0.39 is 0 Å². The first-order chi connectivity index (χ1) is 12.6. The Bertz CT molecular complexity index is 900. The Kier molecular flexibility index (Phi) is 5.63. The molecule has 2 heterocycles. The Morgan fingerprint density at radius 2 is 1.96 bits per heavy atom. The first-order valence-electron chi connectivity index (χ1n) is 8.75. The average Bonchev–Trinajstić information content (AvgIpc) is 2.95. The van der Waals surface area contributed by atoms with E-state index in [4.69, 9.17) is 4.74 Å². The summed E-state index contributed by atoms with van der Waals surface area (Å²) < 4.78 is 6.66. The molecule has 0 fully saturated rings. The van der Waals surface area contributed by atoms with Gasteiger partial charge in [-0.2, -0.15) is 5.10 Å². The van der Waals surface area contributed by atoms with Gasteiger partial charge in [0.25, 0.3) is 0 Å². The van der Waals surface area contributed by atoms with E-state index in [1.165, 1.54) is 5.56 Å². The minimum absolute atomic E-state index is 0.0759. The molecule has 6 nitrogen and oxygen atoms in total. The number of ether oxygens (including phenoxy) is 1. The molecule has 2 aromatic heterocycles. The Balaban J connectivity index is 1.86. The van der Waals surface area contributed by atoms with Gasteiger partial charge >= 0.3 is 0 Å². The van der Waals surface area contributed by atoms with E-state index in [1.54, 1.807) is 18.0 Å². The third-order valence-corrected chi connectivity index (χ3v) is 4.31. The molecule has 26 heavy (non-hydrogen) atoms. The number of carbonyl (C=O) groups is 1. The first-order valence-corrected chi connectivity index (χ1v) is 8.75. The van der Waals surface area contributed by atoms with Crippen LogP contribution < -0.4 is 5.32 Å². The van der Waals surface area contributed by atoms with Crippen LogP contribution in [0, 0.1) is 13.8 Å². The number of rotatable bonds is 7. The number of methoxy groups -OCH3 is 1. The van der Waals surface area contributed by atoms with E-state index in [-0.39, 0.29) is 12.5 Å². The first kappa shape index (κ1) is 18.1. The third-order valence-electron chi connectivity index (χ3n) is 4.31. The molecule has 0 aliphatic heterocycles. The number of fused-ring (bicyclic) bond motifs is 1. The summed E-state index contributed by atoms with van der Waals surface area (Å²) in [5, 5.41) is 8.42. The Morgan fingerprint density at radius 3 is 2.69 bits per heavy atom. The van der Waals surface area contributed by atoms with Crippen molar-refractivity contribution in [2.75, 3.05) is 20.3 Å². The molecule has 1 aromatic carbocycles. The molecule has 0 atom stereocenters. The Labute approximate surface area is 153 Å². The van der Waals surface area contributed by atoms with Gasteiger partial charge in [0.2, 0.25) is 5.91 Å². The monoisotopic (exact) mass is 352 g/mol. The molecule has 0 unspecified atom stereocenters. The summed E-state index contributed by atoms with van der Waals surface area (Å²) in [5.41, 5.74) is 5.02. The standard InChI is InChI=1S/C20H24N4O2/c1-14-5-7-16(8-6-14)17-9-11-22-20-19(17)15(2)23-24(20)13-18(25)21-10-4-12-26-3/h5-9,11H,4,10,12-13H2,1-3H3,(H,21,25). The number of amides is 1. The van der Waals surface area contributed by atoms with Crippen molar-refractivity contribution >= 4 is 16.9 Å². The van der Waals surface area contributed by atoms with Crippen LogP contribution in [0.1, 0.15) is 17.7 Å². The maximum Gasteiger partial charge on any atom is 0.241 e. The van der Waals surface area contributed by atoms with Gasteiger partial charge in [0.05, 0.1) is 5.69 Å². The van der Waals surface area contributed by atoms with Gasteiger partial charge in [-0.05, 0) is 37.5 Å². The van der Waals surface area contributed by atoms with E-state index in [0.29, 0.717) is 13.2 Å². The second kappa shape index (κ2) is 8.10. The summed E-state index contributed by atoms with van der Waals surface area (Å²) >= 11 is 0. The van der Waals surface area contributed by atoms with Crippen LogP contribution >= 0.6 is 0 Å². The van der Waals surface area contributed by atoms with Gasteiger partial charge in [0.1, 0.15) is 6.54 Å². The lowest BCUT2D eigenvalue weighted by Gasteiger charge is -2.07. The summed E-state index contributed by atoms with van der Waals surface area (Å²) in [6.07, 6.45) is 2.56. The lowest BCUT2D eigenvalue weighted by Crippen LogP contribution is -2.29. The second-order valence-electron chi connectivity index (χ2n) is 6.36. The SMILES string of the molecule is COCCCNC(=O)Cn1nc(C)c2c(-c3ccc(C)cc3)ccnc21. The second-order valence-corrected chi connectivity index (χ2v) is 6.36. The topological polar surface area (TPSA) is 69.0 Å². The molecule has 1 N–H and O–H groups in total. The molecule has 0 bridgehead atoms. The lowest BCUT2D eigenvalue weighted by atomic mass is 10.0. The predicted octanol–water partition coefficient (Wildman–Crippen LogP) is 2.87. The number of benzene rings is 1. The van der Waals surface area contributed by atoms with Crippen LogP contribution in [0.15, 0.2) is 36.5 Å². The number of nitrogens with zero attached hydrogens (tertiary/aromatic N) is 3.